The zero-order chi connectivity index (χ0) is 15.1. The third-order valence-electron chi connectivity index (χ3n) is 4.48. The van der Waals surface area contributed by atoms with Crippen molar-refractivity contribution in [3.05, 3.63) is 16.5 Å². The van der Waals surface area contributed by atoms with Crippen LogP contribution < -0.4 is 5.32 Å². The topological polar surface area (TPSA) is 37.8 Å². The number of nitrogens with zero attached hydrogens (tertiary/aromatic N) is 2. The Morgan fingerprint density at radius 3 is 2.30 bits per heavy atom. The van der Waals surface area contributed by atoms with E-state index in [1.807, 2.05) is 6.92 Å². The number of hydrogen-bond donors (Lipinski definition) is 1. The summed E-state index contributed by atoms with van der Waals surface area (Å²) in [6.45, 7) is 13.9. The van der Waals surface area contributed by atoms with Crippen LogP contribution in [0.2, 0.25) is 5.15 Å². The van der Waals surface area contributed by atoms with Crippen LogP contribution in [0.1, 0.15) is 58.8 Å². The van der Waals surface area contributed by atoms with Gasteiger partial charge in [-0.2, -0.15) is 0 Å². The molecule has 0 unspecified atom stereocenters. The molecule has 3 nitrogen and oxygen atoms in total. The third kappa shape index (κ3) is 3.08. The van der Waals surface area contributed by atoms with E-state index < -0.39 is 0 Å². The number of halogens is 1. The van der Waals surface area contributed by atoms with Gasteiger partial charge in [0, 0.05) is 17.5 Å². The summed E-state index contributed by atoms with van der Waals surface area (Å²) in [5.74, 6) is 2.39. The fourth-order valence-electron chi connectivity index (χ4n) is 2.38. The van der Waals surface area contributed by atoms with Gasteiger partial charge in [-0.05, 0) is 31.1 Å². The summed E-state index contributed by atoms with van der Waals surface area (Å²) in [6.07, 6.45) is 2.61. The standard InChI is InChI=1S/C16H26ClN3/c1-10(2)16(7-8-16)9-18-13-11(3)12(17)19-14(20-13)15(4,5)6/h10H,7-9H2,1-6H3,(H,18,19,20). The van der Waals surface area contributed by atoms with Crippen LogP contribution in [-0.4, -0.2) is 16.5 Å². The summed E-state index contributed by atoms with van der Waals surface area (Å²) in [4.78, 5) is 9.10. The summed E-state index contributed by atoms with van der Waals surface area (Å²) in [6, 6.07) is 0. The largest absolute Gasteiger partial charge is 0.369 e. The summed E-state index contributed by atoms with van der Waals surface area (Å²) in [5.41, 5.74) is 1.30. The van der Waals surface area contributed by atoms with Gasteiger partial charge in [0.2, 0.25) is 0 Å². The highest BCUT2D eigenvalue weighted by molar-refractivity contribution is 6.30. The summed E-state index contributed by atoms with van der Waals surface area (Å²) in [7, 11) is 0. The average Bonchev–Trinajstić information content (AvgIpc) is 3.10. The second-order valence-corrected chi connectivity index (χ2v) is 7.79. The molecule has 0 aliphatic heterocycles. The minimum absolute atomic E-state index is 0.0942. The third-order valence-corrected chi connectivity index (χ3v) is 4.85. The molecule has 2 rings (SSSR count). The molecule has 1 saturated carbocycles. The first-order chi connectivity index (χ1) is 9.16. The number of nitrogens with one attached hydrogen (secondary N) is 1. The van der Waals surface area contributed by atoms with Crippen molar-refractivity contribution in [3.8, 4) is 0 Å². The van der Waals surface area contributed by atoms with Crippen LogP contribution in [0, 0.1) is 18.3 Å². The van der Waals surface area contributed by atoms with E-state index in [0.717, 1.165) is 23.8 Å². The Labute approximate surface area is 127 Å². The van der Waals surface area contributed by atoms with Crippen molar-refractivity contribution in [3.63, 3.8) is 0 Å². The van der Waals surface area contributed by atoms with Crippen molar-refractivity contribution < 1.29 is 0 Å². The van der Waals surface area contributed by atoms with E-state index in [2.05, 4.69) is 49.9 Å². The summed E-state index contributed by atoms with van der Waals surface area (Å²) < 4.78 is 0. The second-order valence-electron chi connectivity index (χ2n) is 7.43. The lowest BCUT2D eigenvalue weighted by atomic mass is 9.92. The van der Waals surface area contributed by atoms with Crippen LogP contribution in [0.5, 0.6) is 0 Å². The maximum atomic E-state index is 6.26. The zero-order valence-electron chi connectivity index (χ0n) is 13.5. The Hall–Kier alpha value is -0.830. The van der Waals surface area contributed by atoms with Crippen molar-refractivity contribution >= 4 is 17.4 Å². The fourth-order valence-corrected chi connectivity index (χ4v) is 2.54. The van der Waals surface area contributed by atoms with Gasteiger partial charge in [0.05, 0.1) is 0 Å². The normalized spacial score (nSPS) is 17.4. The van der Waals surface area contributed by atoms with Crippen LogP contribution in [0.3, 0.4) is 0 Å². The molecule has 1 aliphatic carbocycles. The van der Waals surface area contributed by atoms with Crippen LogP contribution >= 0.6 is 11.6 Å². The first-order valence-electron chi connectivity index (χ1n) is 7.44. The van der Waals surface area contributed by atoms with Crippen molar-refractivity contribution in [1.82, 2.24) is 9.97 Å². The molecule has 0 aromatic carbocycles. The Kier molecular flexibility index (Phi) is 4.03. The quantitative estimate of drug-likeness (QED) is 0.826. The Morgan fingerprint density at radius 1 is 1.25 bits per heavy atom. The lowest BCUT2D eigenvalue weighted by Gasteiger charge is -2.23. The Balaban J connectivity index is 2.21. The van der Waals surface area contributed by atoms with Crippen molar-refractivity contribution in [2.45, 2.75) is 59.8 Å². The molecule has 1 fully saturated rings. The molecule has 0 bridgehead atoms. The van der Waals surface area contributed by atoms with Gasteiger partial charge < -0.3 is 5.32 Å². The molecule has 0 radical (unpaired) electrons. The van der Waals surface area contributed by atoms with Crippen LogP contribution in [0.15, 0.2) is 0 Å². The molecule has 1 N–H and O–H groups in total. The lowest BCUT2D eigenvalue weighted by molar-refractivity contribution is 0.379. The van der Waals surface area contributed by atoms with Gasteiger partial charge in [0.1, 0.15) is 16.8 Å². The van der Waals surface area contributed by atoms with Crippen molar-refractivity contribution in [1.29, 1.82) is 0 Å². The van der Waals surface area contributed by atoms with Gasteiger partial charge in [-0.1, -0.05) is 46.2 Å². The Morgan fingerprint density at radius 2 is 1.85 bits per heavy atom. The van der Waals surface area contributed by atoms with Gasteiger partial charge in [-0.3, -0.25) is 0 Å². The predicted octanol–water partition coefficient (Wildman–Crippen LogP) is 4.58. The van der Waals surface area contributed by atoms with Crippen LogP contribution in [-0.2, 0) is 5.41 Å². The van der Waals surface area contributed by atoms with E-state index in [-0.39, 0.29) is 5.41 Å². The number of anilines is 1. The molecule has 0 spiro atoms. The van der Waals surface area contributed by atoms with E-state index in [9.17, 15) is 0 Å². The second kappa shape index (κ2) is 5.18. The van der Waals surface area contributed by atoms with E-state index in [0.29, 0.717) is 16.5 Å². The molecule has 1 aliphatic rings. The molecule has 4 heteroatoms. The Bertz CT molecular complexity index is 499. The molecular formula is C16H26ClN3. The molecule has 0 atom stereocenters. The highest BCUT2D eigenvalue weighted by Gasteiger charge is 2.45. The van der Waals surface area contributed by atoms with Crippen LogP contribution in [0.25, 0.3) is 0 Å². The maximum absolute atomic E-state index is 6.26. The van der Waals surface area contributed by atoms with Gasteiger partial charge in [0.25, 0.3) is 0 Å². The minimum atomic E-state index is -0.0942. The SMILES string of the molecule is Cc1c(Cl)nc(C(C)(C)C)nc1NCC1(C(C)C)CC1. The zero-order valence-corrected chi connectivity index (χ0v) is 14.2. The van der Waals surface area contributed by atoms with Gasteiger partial charge in [-0.15, -0.1) is 0 Å². The molecule has 1 heterocycles. The van der Waals surface area contributed by atoms with Crippen molar-refractivity contribution in [2.24, 2.45) is 11.3 Å². The van der Waals surface area contributed by atoms with E-state index >= 15 is 0 Å². The van der Waals surface area contributed by atoms with Gasteiger partial charge in [0.15, 0.2) is 0 Å². The molecule has 1 aromatic rings. The minimum Gasteiger partial charge on any atom is -0.369 e. The molecule has 0 amide bonds. The van der Waals surface area contributed by atoms with E-state index in [1.165, 1.54) is 12.8 Å². The molecular weight excluding hydrogens is 270 g/mol. The number of hydrogen-bond acceptors (Lipinski definition) is 3. The fraction of sp³-hybridized carbons (Fsp3) is 0.750. The van der Waals surface area contributed by atoms with E-state index in [1.54, 1.807) is 0 Å². The van der Waals surface area contributed by atoms with E-state index in [4.69, 9.17) is 11.6 Å². The number of rotatable bonds is 4. The summed E-state index contributed by atoms with van der Waals surface area (Å²) >= 11 is 6.26. The number of aromatic nitrogens is 2. The summed E-state index contributed by atoms with van der Waals surface area (Å²) in [5, 5.41) is 4.07. The van der Waals surface area contributed by atoms with Crippen molar-refractivity contribution in [2.75, 3.05) is 11.9 Å². The highest BCUT2D eigenvalue weighted by Crippen LogP contribution is 2.51. The predicted molar refractivity (Wildman–Crippen MR) is 85.5 cm³/mol. The van der Waals surface area contributed by atoms with Gasteiger partial charge in [-0.25, -0.2) is 9.97 Å². The molecule has 0 saturated heterocycles. The first kappa shape index (κ1) is 15.6. The monoisotopic (exact) mass is 295 g/mol. The highest BCUT2D eigenvalue weighted by atomic mass is 35.5. The average molecular weight is 296 g/mol. The molecule has 1 aromatic heterocycles. The molecule has 20 heavy (non-hydrogen) atoms. The smallest absolute Gasteiger partial charge is 0.137 e. The molecule has 112 valence electrons. The first-order valence-corrected chi connectivity index (χ1v) is 7.82. The maximum Gasteiger partial charge on any atom is 0.137 e. The lowest BCUT2D eigenvalue weighted by Crippen LogP contribution is -2.23. The van der Waals surface area contributed by atoms with Gasteiger partial charge >= 0.3 is 0 Å². The van der Waals surface area contributed by atoms with Crippen LogP contribution in [0.4, 0.5) is 5.82 Å².